The first-order chi connectivity index (χ1) is 7.51. The van der Waals surface area contributed by atoms with E-state index in [1.807, 2.05) is 0 Å². The van der Waals surface area contributed by atoms with E-state index in [1.54, 1.807) is 6.92 Å². The third-order valence-electron chi connectivity index (χ3n) is 2.23. The Bertz CT molecular complexity index is 403. The Kier molecular flexibility index (Phi) is 3.84. The van der Waals surface area contributed by atoms with Crippen molar-refractivity contribution in [2.45, 2.75) is 13.0 Å². The van der Waals surface area contributed by atoms with Crippen LogP contribution in [0.5, 0.6) is 5.75 Å². The number of aliphatic hydroxyl groups is 1. The zero-order chi connectivity index (χ0) is 12.3. The van der Waals surface area contributed by atoms with E-state index in [0.717, 1.165) is 13.2 Å². The summed E-state index contributed by atoms with van der Waals surface area (Å²) in [5, 5.41) is 9.60. The monoisotopic (exact) mass is 228 g/mol. The molecule has 0 bridgehead atoms. The van der Waals surface area contributed by atoms with Crippen LogP contribution in [0.2, 0.25) is 0 Å². The summed E-state index contributed by atoms with van der Waals surface area (Å²) in [6, 6.07) is 2.48. The van der Waals surface area contributed by atoms with Crippen LogP contribution >= 0.6 is 0 Å². The highest BCUT2D eigenvalue weighted by atomic mass is 19.1. The normalized spacial score (nSPS) is 12.1. The SMILES string of the molecule is COC(=O)C(O)c1cc(F)c(C)cc1OC. The number of benzene rings is 1. The minimum Gasteiger partial charge on any atom is -0.496 e. The fraction of sp³-hybridized carbons (Fsp3) is 0.364. The molecule has 5 heteroatoms. The fourth-order valence-corrected chi connectivity index (χ4v) is 1.30. The number of hydrogen-bond acceptors (Lipinski definition) is 4. The van der Waals surface area contributed by atoms with Crippen molar-refractivity contribution >= 4 is 5.97 Å². The van der Waals surface area contributed by atoms with Crippen molar-refractivity contribution in [3.63, 3.8) is 0 Å². The highest BCUT2D eigenvalue weighted by Crippen LogP contribution is 2.28. The van der Waals surface area contributed by atoms with Gasteiger partial charge in [0.15, 0.2) is 6.10 Å². The lowest BCUT2D eigenvalue weighted by Gasteiger charge is -2.14. The molecule has 1 N–H and O–H groups in total. The first-order valence-corrected chi connectivity index (χ1v) is 4.61. The van der Waals surface area contributed by atoms with E-state index < -0.39 is 17.9 Å². The standard InChI is InChI=1S/C11H13FO4/c1-6-4-9(15-2)7(5-8(6)12)10(13)11(14)16-3/h4-5,10,13H,1-3H3. The molecule has 88 valence electrons. The molecule has 0 aliphatic carbocycles. The van der Waals surface area contributed by atoms with Crippen LogP contribution in [-0.4, -0.2) is 25.3 Å². The number of rotatable bonds is 3. The maximum Gasteiger partial charge on any atom is 0.339 e. The topological polar surface area (TPSA) is 55.8 Å². The predicted octanol–water partition coefficient (Wildman–Crippen LogP) is 1.35. The average Bonchev–Trinajstić information content (AvgIpc) is 2.30. The zero-order valence-corrected chi connectivity index (χ0v) is 9.28. The number of aryl methyl sites for hydroxylation is 1. The van der Waals surface area contributed by atoms with E-state index in [4.69, 9.17) is 4.74 Å². The van der Waals surface area contributed by atoms with E-state index in [0.29, 0.717) is 5.56 Å². The molecule has 0 spiro atoms. The molecule has 0 aromatic heterocycles. The van der Waals surface area contributed by atoms with Crippen molar-refractivity contribution in [1.29, 1.82) is 0 Å². The number of aliphatic hydroxyl groups excluding tert-OH is 1. The van der Waals surface area contributed by atoms with Gasteiger partial charge in [0, 0.05) is 5.56 Å². The molecular weight excluding hydrogens is 215 g/mol. The van der Waals surface area contributed by atoms with Crippen LogP contribution in [0.1, 0.15) is 17.2 Å². The Morgan fingerprint density at radius 2 is 2.06 bits per heavy atom. The number of ether oxygens (including phenoxy) is 2. The molecule has 0 aliphatic rings. The lowest BCUT2D eigenvalue weighted by molar-refractivity contribution is -0.150. The van der Waals surface area contributed by atoms with Gasteiger partial charge in [0.1, 0.15) is 11.6 Å². The van der Waals surface area contributed by atoms with Gasteiger partial charge in [-0.25, -0.2) is 9.18 Å². The maximum absolute atomic E-state index is 13.3. The molecule has 0 aliphatic heterocycles. The summed E-state index contributed by atoms with van der Waals surface area (Å²) in [5.41, 5.74) is 0.426. The Labute approximate surface area is 92.6 Å². The highest BCUT2D eigenvalue weighted by molar-refractivity contribution is 5.77. The number of esters is 1. The molecule has 16 heavy (non-hydrogen) atoms. The van der Waals surface area contributed by atoms with Crippen molar-refractivity contribution in [2.24, 2.45) is 0 Å². The van der Waals surface area contributed by atoms with Gasteiger partial charge >= 0.3 is 5.97 Å². The maximum atomic E-state index is 13.3. The Balaban J connectivity index is 3.21. The Morgan fingerprint density at radius 1 is 1.44 bits per heavy atom. The number of methoxy groups -OCH3 is 2. The molecule has 1 unspecified atom stereocenters. The number of hydrogen-bond donors (Lipinski definition) is 1. The molecule has 1 atom stereocenters. The lowest BCUT2D eigenvalue weighted by atomic mass is 10.1. The van der Waals surface area contributed by atoms with Crippen LogP contribution in [-0.2, 0) is 9.53 Å². The third kappa shape index (κ3) is 2.30. The molecule has 0 heterocycles. The van der Waals surface area contributed by atoms with E-state index in [1.165, 1.54) is 13.2 Å². The van der Waals surface area contributed by atoms with Gasteiger partial charge in [-0.1, -0.05) is 0 Å². The van der Waals surface area contributed by atoms with Gasteiger partial charge in [-0.2, -0.15) is 0 Å². The summed E-state index contributed by atoms with van der Waals surface area (Å²) in [6.07, 6.45) is -1.55. The quantitative estimate of drug-likeness (QED) is 0.793. The number of carbonyl (C=O) groups excluding carboxylic acids is 1. The first-order valence-electron chi connectivity index (χ1n) is 4.61. The van der Waals surface area contributed by atoms with Crippen molar-refractivity contribution in [3.8, 4) is 5.75 Å². The van der Waals surface area contributed by atoms with Crippen LogP contribution < -0.4 is 4.74 Å². The van der Waals surface area contributed by atoms with E-state index >= 15 is 0 Å². The summed E-state index contributed by atoms with van der Waals surface area (Å²) in [6.45, 7) is 1.56. The van der Waals surface area contributed by atoms with Crippen LogP contribution in [0.25, 0.3) is 0 Å². The fourth-order valence-electron chi connectivity index (χ4n) is 1.30. The molecule has 1 rings (SSSR count). The third-order valence-corrected chi connectivity index (χ3v) is 2.23. The molecule has 0 saturated carbocycles. The summed E-state index contributed by atoms with van der Waals surface area (Å²) >= 11 is 0. The minimum absolute atomic E-state index is 0.0532. The van der Waals surface area contributed by atoms with Crippen molar-refractivity contribution < 1.29 is 23.8 Å². The van der Waals surface area contributed by atoms with Crippen LogP contribution in [0.4, 0.5) is 4.39 Å². The molecular formula is C11H13FO4. The second-order valence-corrected chi connectivity index (χ2v) is 3.27. The lowest BCUT2D eigenvalue weighted by Crippen LogP contribution is -2.15. The average molecular weight is 228 g/mol. The molecule has 1 aromatic rings. The van der Waals surface area contributed by atoms with Crippen molar-refractivity contribution in [2.75, 3.05) is 14.2 Å². The van der Waals surface area contributed by atoms with Crippen LogP contribution in [0.15, 0.2) is 12.1 Å². The summed E-state index contributed by atoms with van der Waals surface area (Å²) in [7, 11) is 2.52. The van der Waals surface area contributed by atoms with Gasteiger partial charge in [0.05, 0.1) is 14.2 Å². The predicted molar refractivity (Wildman–Crippen MR) is 54.7 cm³/mol. The smallest absolute Gasteiger partial charge is 0.339 e. The number of halogens is 1. The highest BCUT2D eigenvalue weighted by Gasteiger charge is 2.23. The van der Waals surface area contributed by atoms with Gasteiger partial charge in [-0.15, -0.1) is 0 Å². The molecule has 1 aromatic carbocycles. The van der Waals surface area contributed by atoms with Crippen LogP contribution in [0, 0.1) is 12.7 Å². The molecule has 0 saturated heterocycles. The number of carbonyl (C=O) groups is 1. The summed E-state index contributed by atoms with van der Waals surface area (Å²) in [5.74, 6) is -1.13. The zero-order valence-electron chi connectivity index (χ0n) is 9.28. The van der Waals surface area contributed by atoms with E-state index in [2.05, 4.69) is 4.74 Å². The Hall–Kier alpha value is -1.62. The second kappa shape index (κ2) is 4.94. The largest absolute Gasteiger partial charge is 0.496 e. The Morgan fingerprint density at radius 3 is 2.56 bits per heavy atom. The van der Waals surface area contributed by atoms with Crippen molar-refractivity contribution in [1.82, 2.24) is 0 Å². The first kappa shape index (κ1) is 12.4. The molecule has 4 nitrogen and oxygen atoms in total. The van der Waals surface area contributed by atoms with Gasteiger partial charge in [0.2, 0.25) is 0 Å². The second-order valence-electron chi connectivity index (χ2n) is 3.27. The summed E-state index contributed by atoms with van der Waals surface area (Å²) in [4.78, 5) is 11.1. The van der Waals surface area contributed by atoms with Gasteiger partial charge < -0.3 is 14.6 Å². The molecule has 0 fully saturated rings. The molecule has 0 amide bonds. The minimum atomic E-state index is -1.55. The molecule has 0 radical (unpaired) electrons. The van der Waals surface area contributed by atoms with Gasteiger partial charge in [0.25, 0.3) is 0 Å². The van der Waals surface area contributed by atoms with Crippen LogP contribution in [0.3, 0.4) is 0 Å². The van der Waals surface area contributed by atoms with Gasteiger partial charge in [-0.3, -0.25) is 0 Å². The van der Waals surface area contributed by atoms with Gasteiger partial charge in [-0.05, 0) is 24.6 Å². The van der Waals surface area contributed by atoms with Crippen molar-refractivity contribution in [3.05, 3.63) is 29.1 Å². The summed E-state index contributed by atoms with van der Waals surface area (Å²) < 4.78 is 22.6. The van der Waals surface area contributed by atoms with E-state index in [-0.39, 0.29) is 11.3 Å². The van der Waals surface area contributed by atoms with E-state index in [9.17, 15) is 14.3 Å².